The SMILES string of the molecule is OCCN1CCC[C@H]1CO. The van der Waals surface area contributed by atoms with E-state index in [1.807, 2.05) is 0 Å². The van der Waals surface area contributed by atoms with Gasteiger partial charge in [-0.25, -0.2) is 0 Å². The molecule has 0 bridgehead atoms. The van der Waals surface area contributed by atoms with Crippen LogP contribution in [-0.4, -0.2) is 47.5 Å². The minimum atomic E-state index is 0.205. The second-order valence-corrected chi connectivity index (χ2v) is 2.74. The number of likely N-dealkylation sites (tertiary alicyclic amines) is 1. The van der Waals surface area contributed by atoms with Crippen molar-refractivity contribution < 1.29 is 10.2 Å². The third-order valence-corrected chi connectivity index (χ3v) is 2.10. The molecule has 2 N–H and O–H groups in total. The first kappa shape index (κ1) is 7.98. The molecule has 0 aromatic heterocycles. The quantitative estimate of drug-likeness (QED) is 0.559. The highest BCUT2D eigenvalue weighted by atomic mass is 16.3. The van der Waals surface area contributed by atoms with Crippen LogP contribution in [0.4, 0.5) is 0 Å². The lowest BCUT2D eigenvalue weighted by Crippen LogP contribution is -2.34. The second-order valence-electron chi connectivity index (χ2n) is 2.74. The molecule has 60 valence electrons. The van der Waals surface area contributed by atoms with Crippen LogP contribution in [0, 0.1) is 0 Å². The van der Waals surface area contributed by atoms with E-state index in [4.69, 9.17) is 10.2 Å². The molecule has 1 atom stereocenters. The zero-order valence-electron chi connectivity index (χ0n) is 6.16. The van der Waals surface area contributed by atoms with Crippen LogP contribution in [0.5, 0.6) is 0 Å². The summed E-state index contributed by atoms with van der Waals surface area (Å²) in [6.07, 6.45) is 2.24. The first-order valence-electron chi connectivity index (χ1n) is 3.84. The summed E-state index contributed by atoms with van der Waals surface area (Å²) < 4.78 is 0. The molecule has 0 aliphatic carbocycles. The molecular weight excluding hydrogens is 130 g/mol. The van der Waals surface area contributed by atoms with E-state index >= 15 is 0 Å². The summed E-state index contributed by atoms with van der Waals surface area (Å²) in [5, 5.41) is 17.5. The van der Waals surface area contributed by atoms with Crippen molar-refractivity contribution in [3.8, 4) is 0 Å². The molecule has 1 fully saturated rings. The van der Waals surface area contributed by atoms with E-state index in [0.717, 1.165) is 19.4 Å². The van der Waals surface area contributed by atoms with Gasteiger partial charge in [0, 0.05) is 12.6 Å². The number of aliphatic hydroxyl groups excluding tert-OH is 2. The van der Waals surface area contributed by atoms with Gasteiger partial charge in [0.15, 0.2) is 0 Å². The summed E-state index contributed by atoms with van der Waals surface area (Å²) in [6.45, 7) is 2.19. The van der Waals surface area contributed by atoms with Crippen molar-refractivity contribution in [2.24, 2.45) is 0 Å². The van der Waals surface area contributed by atoms with Crippen molar-refractivity contribution in [3.05, 3.63) is 0 Å². The van der Waals surface area contributed by atoms with E-state index in [1.54, 1.807) is 0 Å². The lowest BCUT2D eigenvalue weighted by molar-refractivity contribution is 0.134. The molecule has 0 aromatic rings. The molecule has 1 aliphatic rings. The van der Waals surface area contributed by atoms with Gasteiger partial charge in [-0.1, -0.05) is 0 Å². The largest absolute Gasteiger partial charge is 0.395 e. The number of hydrogen-bond donors (Lipinski definition) is 2. The van der Waals surface area contributed by atoms with Crippen LogP contribution in [0.3, 0.4) is 0 Å². The number of rotatable bonds is 3. The van der Waals surface area contributed by atoms with Crippen molar-refractivity contribution >= 4 is 0 Å². The van der Waals surface area contributed by atoms with Gasteiger partial charge in [-0.05, 0) is 19.4 Å². The van der Waals surface area contributed by atoms with Gasteiger partial charge in [-0.3, -0.25) is 4.90 Å². The topological polar surface area (TPSA) is 43.7 Å². The van der Waals surface area contributed by atoms with E-state index < -0.39 is 0 Å². The van der Waals surface area contributed by atoms with Crippen LogP contribution in [0.1, 0.15) is 12.8 Å². The van der Waals surface area contributed by atoms with Crippen LogP contribution in [-0.2, 0) is 0 Å². The van der Waals surface area contributed by atoms with Gasteiger partial charge in [0.25, 0.3) is 0 Å². The molecule has 1 rings (SSSR count). The van der Waals surface area contributed by atoms with E-state index in [2.05, 4.69) is 4.90 Å². The van der Waals surface area contributed by atoms with Crippen LogP contribution in [0.25, 0.3) is 0 Å². The highest BCUT2D eigenvalue weighted by Gasteiger charge is 2.22. The van der Waals surface area contributed by atoms with Crippen molar-refractivity contribution in [1.82, 2.24) is 4.90 Å². The Hall–Kier alpha value is -0.120. The third-order valence-electron chi connectivity index (χ3n) is 2.10. The maximum atomic E-state index is 8.84. The first-order valence-corrected chi connectivity index (χ1v) is 3.84. The maximum absolute atomic E-state index is 8.84. The van der Waals surface area contributed by atoms with Crippen molar-refractivity contribution in [3.63, 3.8) is 0 Å². The number of β-amino-alcohol motifs (C(OH)–C–C–N with tert-alkyl or cyclic N) is 1. The van der Waals surface area contributed by atoms with E-state index in [1.165, 1.54) is 0 Å². The molecule has 10 heavy (non-hydrogen) atoms. The fourth-order valence-corrected chi connectivity index (χ4v) is 1.52. The van der Waals surface area contributed by atoms with Gasteiger partial charge in [0.1, 0.15) is 0 Å². The summed E-state index contributed by atoms with van der Waals surface area (Å²) in [5.74, 6) is 0. The predicted octanol–water partition coefficient (Wildman–Crippen LogP) is -0.565. The van der Waals surface area contributed by atoms with Crippen LogP contribution in [0.2, 0.25) is 0 Å². The summed E-state index contributed by atoms with van der Waals surface area (Å²) >= 11 is 0. The van der Waals surface area contributed by atoms with Gasteiger partial charge in [-0.2, -0.15) is 0 Å². The highest BCUT2D eigenvalue weighted by Crippen LogP contribution is 2.15. The monoisotopic (exact) mass is 145 g/mol. The van der Waals surface area contributed by atoms with E-state index in [-0.39, 0.29) is 13.2 Å². The maximum Gasteiger partial charge on any atom is 0.0586 e. The molecule has 3 nitrogen and oxygen atoms in total. The summed E-state index contributed by atoms with van der Waals surface area (Å²) in [5.41, 5.74) is 0. The van der Waals surface area contributed by atoms with Crippen molar-refractivity contribution in [1.29, 1.82) is 0 Å². The Balaban J connectivity index is 2.27. The number of aliphatic hydroxyl groups is 2. The van der Waals surface area contributed by atoms with Crippen LogP contribution in [0.15, 0.2) is 0 Å². The number of nitrogens with zero attached hydrogens (tertiary/aromatic N) is 1. The minimum Gasteiger partial charge on any atom is -0.395 e. The molecule has 0 radical (unpaired) electrons. The lowest BCUT2D eigenvalue weighted by Gasteiger charge is -2.20. The van der Waals surface area contributed by atoms with Gasteiger partial charge < -0.3 is 10.2 Å². The molecule has 0 amide bonds. The lowest BCUT2D eigenvalue weighted by atomic mass is 10.2. The normalized spacial score (nSPS) is 27.6. The molecule has 0 unspecified atom stereocenters. The Bertz CT molecular complexity index is 97.6. The summed E-state index contributed by atoms with van der Waals surface area (Å²) in [7, 11) is 0. The standard InChI is InChI=1S/C7H15NO2/c9-5-4-8-3-1-2-7(8)6-10/h7,9-10H,1-6H2/t7-/m0/s1. The van der Waals surface area contributed by atoms with Crippen molar-refractivity contribution in [2.75, 3.05) is 26.3 Å². The Morgan fingerprint density at radius 3 is 2.80 bits per heavy atom. The highest BCUT2D eigenvalue weighted by molar-refractivity contribution is 4.77. The Labute approximate surface area is 61.3 Å². The molecular formula is C7H15NO2. The summed E-state index contributed by atoms with van der Waals surface area (Å²) in [6, 6.07) is 0.312. The zero-order chi connectivity index (χ0) is 7.40. The second kappa shape index (κ2) is 3.91. The van der Waals surface area contributed by atoms with Crippen LogP contribution >= 0.6 is 0 Å². The van der Waals surface area contributed by atoms with Gasteiger partial charge in [0.2, 0.25) is 0 Å². The molecule has 3 heteroatoms. The molecule has 0 saturated carbocycles. The smallest absolute Gasteiger partial charge is 0.0586 e. The van der Waals surface area contributed by atoms with Gasteiger partial charge in [0.05, 0.1) is 13.2 Å². The van der Waals surface area contributed by atoms with Gasteiger partial charge in [-0.15, -0.1) is 0 Å². The third kappa shape index (κ3) is 1.68. The van der Waals surface area contributed by atoms with E-state index in [9.17, 15) is 0 Å². The summed E-state index contributed by atoms with van der Waals surface area (Å²) in [4.78, 5) is 2.14. The van der Waals surface area contributed by atoms with Gasteiger partial charge >= 0.3 is 0 Å². The zero-order valence-corrected chi connectivity index (χ0v) is 6.16. The average Bonchev–Trinajstić information content (AvgIpc) is 2.36. The van der Waals surface area contributed by atoms with Crippen LogP contribution < -0.4 is 0 Å². The molecule has 1 saturated heterocycles. The molecule has 1 heterocycles. The fourth-order valence-electron chi connectivity index (χ4n) is 1.52. The molecule has 0 aromatic carbocycles. The Morgan fingerprint density at radius 1 is 1.40 bits per heavy atom. The molecule has 1 aliphatic heterocycles. The number of hydrogen-bond acceptors (Lipinski definition) is 3. The fraction of sp³-hybridized carbons (Fsp3) is 1.00. The molecule has 0 spiro atoms. The Kier molecular flexibility index (Phi) is 3.12. The Morgan fingerprint density at radius 2 is 2.20 bits per heavy atom. The van der Waals surface area contributed by atoms with E-state index in [0.29, 0.717) is 12.6 Å². The minimum absolute atomic E-state index is 0.205. The average molecular weight is 145 g/mol. The van der Waals surface area contributed by atoms with Crippen molar-refractivity contribution in [2.45, 2.75) is 18.9 Å². The predicted molar refractivity (Wildman–Crippen MR) is 38.8 cm³/mol. The first-order chi connectivity index (χ1) is 4.88.